The van der Waals surface area contributed by atoms with Gasteiger partial charge in [-0.3, -0.25) is 0 Å². The SMILES string of the molecule is CCOCCCOc1ccc(C(=O)O)cc1N. The molecular formula is C12H17NO4. The molecule has 0 aliphatic rings. The Balaban J connectivity index is 2.46. The maximum absolute atomic E-state index is 10.7. The van der Waals surface area contributed by atoms with E-state index in [4.69, 9.17) is 20.3 Å². The summed E-state index contributed by atoms with van der Waals surface area (Å²) in [5.74, 6) is -0.494. The molecule has 0 unspecified atom stereocenters. The molecule has 3 N–H and O–H groups in total. The highest BCUT2D eigenvalue weighted by molar-refractivity contribution is 5.89. The number of hydrogen-bond acceptors (Lipinski definition) is 4. The first-order valence-electron chi connectivity index (χ1n) is 5.48. The van der Waals surface area contributed by atoms with Crippen LogP contribution in [0.4, 0.5) is 5.69 Å². The molecule has 17 heavy (non-hydrogen) atoms. The van der Waals surface area contributed by atoms with Crippen LogP contribution in [0.15, 0.2) is 18.2 Å². The van der Waals surface area contributed by atoms with Gasteiger partial charge in [-0.05, 0) is 25.1 Å². The number of carboxylic acid groups (broad SMARTS) is 1. The van der Waals surface area contributed by atoms with Crippen molar-refractivity contribution < 1.29 is 19.4 Å². The predicted octanol–water partition coefficient (Wildman–Crippen LogP) is 1.77. The Morgan fingerprint density at radius 2 is 2.18 bits per heavy atom. The van der Waals surface area contributed by atoms with Gasteiger partial charge in [-0.15, -0.1) is 0 Å². The smallest absolute Gasteiger partial charge is 0.335 e. The second kappa shape index (κ2) is 6.75. The molecule has 0 saturated carbocycles. The lowest BCUT2D eigenvalue weighted by Crippen LogP contribution is -2.05. The Morgan fingerprint density at radius 1 is 1.41 bits per heavy atom. The van der Waals surface area contributed by atoms with E-state index >= 15 is 0 Å². The highest BCUT2D eigenvalue weighted by Crippen LogP contribution is 2.22. The van der Waals surface area contributed by atoms with Crippen molar-refractivity contribution in [3.05, 3.63) is 23.8 Å². The van der Waals surface area contributed by atoms with E-state index in [0.29, 0.717) is 31.3 Å². The summed E-state index contributed by atoms with van der Waals surface area (Å²) in [7, 11) is 0. The summed E-state index contributed by atoms with van der Waals surface area (Å²) in [5.41, 5.74) is 6.17. The van der Waals surface area contributed by atoms with Crippen molar-refractivity contribution in [3.8, 4) is 5.75 Å². The highest BCUT2D eigenvalue weighted by atomic mass is 16.5. The molecule has 0 aliphatic carbocycles. The number of aromatic carboxylic acids is 1. The Morgan fingerprint density at radius 3 is 2.76 bits per heavy atom. The molecule has 1 aromatic rings. The molecule has 0 saturated heterocycles. The number of rotatable bonds is 7. The minimum atomic E-state index is -1.00. The molecule has 94 valence electrons. The fourth-order valence-corrected chi connectivity index (χ4v) is 1.30. The number of carbonyl (C=O) groups is 1. The topological polar surface area (TPSA) is 81.8 Å². The van der Waals surface area contributed by atoms with Gasteiger partial charge in [0, 0.05) is 19.6 Å². The predicted molar refractivity (Wildman–Crippen MR) is 64.4 cm³/mol. The second-order valence-corrected chi connectivity index (χ2v) is 3.46. The second-order valence-electron chi connectivity index (χ2n) is 3.46. The monoisotopic (exact) mass is 239 g/mol. The number of ether oxygens (including phenoxy) is 2. The Labute approximate surface area is 100 Å². The molecule has 5 nitrogen and oxygen atoms in total. The fraction of sp³-hybridized carbons (Fsp3) is 0.417. The van der Waals surface area contributed by atoms with E-state index in [0.717, 1.165) is 6.42 Å². The lowest BCUT2D eigenvalue weighted by molar-refractivity contribution is 0.0697. The summed E-state index contributed by atoms with van der Waals surface area (Å²) in [5, 5.41) is 8.76. The number of anilines is 1. The molecule has 5 heteroatoms. The molecule has 1 rings (SSSR count). The van der Waals surface area contributed by atoms with Crippen LogP contribution in [0.3, 0.4) is 0 Å². The summed E-state index contributed by atoms with van der Waals surface area (Å²) in [6.07, 6.45) is 0.772. The van der Waals surface area contributed by atoms with E-state index in [1.54, 1.807) is 6.07 Å². The van der Waals surface area contributed by atoms with Gasteiger partial charge in [-0.1, -0.05) is 0 Å². The summed E-state index contributed by atoms with van der Waals surface area (Å²) >= 11 is 0. The van der Waals surface area contributed by atoms with E-state index < -0.39 is 5.97 Å². The van der Waals surface area contributed by atoms with E-state index in [1.165, 1.54) is 12.1 Å². The molecule has 0 fully saturated rings. The van der Waals surface area contributed by atoms with Gasteiger partial charge in [0.1, 0.15) is 5.75 Å². The number of benzene rings is 1. The van der Waals surface area contributed by atoms with Gasteiger partial charge >= 0.3 is 5.97 Å². The minimum absolute atomic E-state index is 0.157. The van der Waals surface area contributed by atoms with Crippen molar-refractivity contribution in [2.45, 2.75) is 13.3 Å². The molecule has 0 bridgehead atoms. The third-order valence-electron chi connectivity index (χ3n) is 2.15. The number of hydrogen-bond donors (Lipinski definition) is 2. The summed E-state index contributed by atoms with van der Waals surface area (Å²) < 4.78 is 10.6. The van der Waals surface area contributed by atoms with Gasteiger partial charge in [-0.2, -0.15) is 0 Å². The van der Waals surface area contributed by atoms with Crippen LogP contribution in [0, 0.1) is 0 Å². The molecule has 0 heterocycles. The molecule has 0 atom stereocenters. The Kier molecular flexibility index (Phi) is 5.29. The third-order valence-corrected chi connectivity index (χ3v) is 2.15. The Hall–Kier alpha value is -1.75. The third kappa shape index (κ3) is 4.32. The van der Waals surface area contributed by atoms with Crippen molar-refractivity contribution in [2.75, 3.05) is 25.6 Å². The average Bonchev–Trinajstić information content (AvgIpc) is 2.30. The van der Waals surface area contributed by atoms with Crippen LogP contribution < -0.4 is 10.5 Å². The van der Waals surface area contributed by atoms with Gasteiger partial charge in [0.25, 0.3) is 0 Å². The average molecular weight is 239 g/mol. The first-order chi connectivity index (χ1) is 8.15. The van der Waals surface area contributed by atoms with Crippen LogP contribution in [-0.4, -0.2) is 30.9 Å². The maximum Gasteiger partial charge on any atom is 0.335 e. The largest absolute Gasteiger partial charge is 0.491 e. The van der Waals surface area contributed by atoms with Crippen LogP contribution in [0.5, 0.6) is 5.75 Å². The van der Waals surface area contributed by atoms with Gasteiger partial charge in [0.05, 0.1) is 17.9 Å². The van der Waals surface area contributed by atoms with E-state index in [9.17, 15) is 4.79 Å². The lowest BCUT2D eigenvalue weighted by atomic mass is 10.2. The van der Waals surface area contributed by atoms with E-state index in [2.05, 4.69) is 0 Å². The number of nitrogen functional groups attached to an aromatic ring is 1. The normalized spacial score (nSPS) is 10.2. The summed E-state index contributed by atoms with van der Waals surface area (Å²) in [6.45, 7) is 3.76. The molecule has 0 aliphatic heterocycles. The quantitative estimate of drug-likeness (QED) is 0.559. The van der Waals surface area contributed by atoms with Gasteiger partial charge in [-0.25, -0.2) is 4.79 Å². The standard InChI is InChI=1S/C12H17NO4/c1-2-16-6-3-7-17-11-5-4-9(12(14)15)8-10(11)13/h4-5,8H,2-3,6-7,13H2,1H3,(H,14,15). The van der Waals surface area contributed by atoms with Gasteiger partial charge in [0.2, 0.25) is 0 Å². The van der Waals surface area contributed by atoms with Gasteiger partial charge < -0.3 is 20.3 Å². The molecule has 0 amide bonds. The minimum Gasteiger partial charge on any atom is -0.491 e. The van der Waals surface area contributed by atoms with Crippen LogP contribution in [0.1, 0.15) is 23.7 Å². The number of nitrogens with two attached hydrogens (primary N) is 1. The molecule has 1 aromatic carbocycles. The highest BCUT2D eigenvalue weighted by Gasteiger charge is 2.06. The van der Waals surface area contributed by atoms with Crippen LogP contribution in [0.25, 0.3) is 0 Å². The molecule has 0 spiro atoms. The van der Waals surface area contributed by atoms with Crippen molar-refractivity contribution >= 4 is 11.7 Å². The first kappa shape index (κ1) is 13.3. The summed E-state index contributed by atoms with van der Waals surface area (Å²) in [6, 6.07) is 4.43. The van der Waals surface area contributed by atoms with Crippen LogP contribution >= 0.6 is 0 Å². The van der Waals surface area contributed by atoms with Crippen LogP contribution in [-0.2, 0) is 4.74 Å². The fourth-order valence-electron chi connectivity index (χ4n) is 1.30. The van der Waals surface area contributed by atoms with Crippen molar-refractivity contribution in [1.82, 2.24) is 0 Å². The lowest BCUT2D eigenvalue weighted by Gasteiger charge is -2.09. The van der Waals surface area contributed by atoms with Gasteiger partial charge in [0.15, 0.2) is 0 Å². The zero-order chi connectivity index (χ0) is 12.7. The van der Waals surface area contributed by atoms with Crippen molar-refractivity contribution in [1.29, 1.82) is 0 Å². The van der Waals surface area contributed by atoms with E-state index in [1.807, 2.05) is 6.92 Å². The zero-order valence-corrected chi connectivity index (χ0v) is 9.81. The van der Waals surface area contributed by atoms with Crippen molar-refractivity contribution in [3.63, 3.8) is 0 Å². The number of carboxylic acids is 1. The van der Waals surface area contributed by atoms with Crippen molar-refractivity contribution in [2.24, 2.45) is 0 Å². The molecule has 0 aromatic heterocycles. The summed E-state index contributed by atoms with van der Waals surface area (Å²) in [4.78, 5) is 10.7. The van der Waals surface area contributed by atoms with Crippen LogP contribution in [0.2, 0.25) is 0 Å². The Bertz CT molecular complexity index is 379. The molecular weight excluding hydrogens is 222 g/mol. The first-order valence-corrected chi connectivity index (χ1v) is 5.48. The molecule has 0 radical (unpaired) electrons. The maximum atomic E-state index is 10.7. The zero-order valence-electron chi connectivity index (χ0n) is 9.81. The van der Waals surface area contributed by atoms with E-state index in [-0.39, 0.29) is 5.56 Å².